The standard InChI is InChI=1S/C34H36O13S/c1-39-22-6-15(7-23(40-2)29(22)35)27-17-9-21-20(45-14-46-21)8-16(17)18(19-11-43-33(38)28(19)27)10-44-34-31(37)30(36)32-25(47-34)13-41-24(12-42-32)26-4-3-5-48-26/h3-9,18-19,24-25,27-28,30-32,34-37H,10-14H2,1-2H3/t18-,19-,24-,25?,27-,28?,30?,31?,32?,34?/m1/s1. The van der Waals surface area contributed by atoms with Gasteiger partial charge < -0.3 is 58.0 Å². The molecule has 10 atom stereocenters. The van der Waals surface area contributed by atoms with Crippen LogP contribution in [0.1, 0.15) is 39.5 Å². The second-order valence-electron chi connectivity index (χ2n) is 12.5. The van der Waals surface area contributed by atoms with Gasteiger partial charge in [0.05, 0.1) is 46.6 Å². The molecule has 256 valence electrons. The Morgan fingerprint density at radius 1 is 0.917 bits per heavy atom. The van der Waals surface area contributed by atoms with Gasteiger partial charge in [0.15, 0.2) is 29.3 Å². The Morgan fingerprint density at radius 3 is 2.38 bits per heavy atom. The number of fused-ring (bicyclic) bond motifs is 4. The van der Waals surface area contributed by atoms with Crippen LogP contribution in [0, 0.1) is 11.8 Å². The van der Waals surface area contributed by atoms with E-state index in [0.717, 1.165) is 16.0 Å². The zero-order valence-corrected chi connectivity index (χ0v) is 27.0. The molecule has 0 saturated carbocycles. The Bertz CT molecular complexity index is 1640. The van der Waals surface area contributed by atoms with E-state index in [-0.39, 0.29) is 68.5 Å². The summed E-state index contributed by atoms with van der Waals surface area (Å²) in [6.07, 6.45) is -5.66. The van der Waals surface area contributed by atoms with Crippen molar-refractivity contribution in [1.82, 2.24) is 0 Å². The second-order valence-corrected chi connectivity index (χ2v) is 13.5. The minimum Gasteiger partial charge on any atom is -0.502 e. The molecule has 13 nitrogen and oxygen atoms in total. The monoisotopic (exact) mass is 684 g/mol. The van der Waals surface area contributed by atoms with Gasteiger partial charge in [0.1, 0.15) is 30.5 Å². The number of phenols is 1. The number of hydrogen-bond donors (Lipinski definition) is 3. The number of esters is 1. The molecule has 0 radical (unpaired) electrons. The molecule has 0 bridgehead atoms. The first-order valence-electron chi connectivity index (χ1n) is 15.8. The molecule has 48 heavy (non-hydrogen) atoms. The molecular formula is C34H36O13S. The van der Waals surface area contributed by atoms with Crippen molar-refractivity contribution in [3.05, 3.63) is 63.3 Å². The Hall–Kier alpha value is -3.63. The largest absolute Gasteiger partial charge is 0.502 e. The summed E-state index contributed by atoms with van der Waals surface area (Å²) in [7, 11) is 2.89. The minimum atomic E-state index is -1.40. The van der Waals surface area contributed by atoms with Crippen molar-refractivity contribution in [3.8, 4) is 28.7 Å². The Balaban J connectivity index is 1.10. The zero-order valence-electron chi connectivity index (χ0n) is 26.2. The van der Waals surface area contributed by atoms with Gasteiger partial charge in [-0.3, -0.25) is 4.79 Å². The normalized spacial score (nSPS) is 33.6. The van der Waals surface area contributed by atoms with E-state index >= 15 is 0 Å². The quantitative estimate of drug-likeness (QED) is 0.312. The molecule has 3 fully saturated rings. The summed E-state index contributed by atoms with van der Waals surface area (Å²) in [6, 6.07) is 11.1. The summed E-state index contributed by atoms with van der Waals surface area (Å²) in [5, 5.41) is 34.8. The molecule has 2 aromatic carbocycles. The van der Waals surface area contributed by atoms with Crippen LogP contribution in [0.25, 0.3) is 0 Å². The van der Waals surface area contributed by atoms with E-state index in [1.165, 1.54) is 14.2 Å². The van der Waals surface area contributed by atoms with Crippen LogP contribution < -0.4 is 18.9 Å². The van der Waals surface area contributed by atoms with E-state index in [1.807, 2.05) is 29.6 Å². The van der Waals surface area contributed by atoms with Gasteiger partial charge in [-0.2, -0.15) is 0 Å². The minimum absolute atomic E-state index is 0.0325. The lowest BCUT2D eigenvalue weighted by molar-refractivity contribution is -0.303. The number of benzene rings is 2. The van der Waals surface area contributed by atoms with Crippen molar-refractivity contribution in [2.75, 3.05) is 47.4 Å². The molecular weight excluding hydrogens is 648 g/mol. The number of phenolic OH excluding ortho intramolecular Hbond substituents is 1. The molecule has 3 aromatic rings. The average molecular weight is 685 g/mol. The molecule has 3 N–H and O–H groups in total. The van der Waals surface area contributed by atoms with Gasteiger partial charge in [-0.15, -0.1) is 11.3 Å². The molecule has 0 amide bonds. The molecule has 14 heteroatoms. The number of aromatic hydroxyl groups is 1. The predicted octanol–water partition coefficient (Wildman–Crippen LogP) is 2.84. The molecule has 1 aliphatic carbocycles. The fraction of sp³-hybridized carbons (Fsp3) is 0.500. The van der Waals surface area contributed by atoms with Gasteiger partial charge in [-0.1, -0.05) is 6.07 Å². The lowest BCUT2D eigenvalue weighted by Crippen LogP contribution is -2.59. The third-order valence-electron chi connectivity index (χ3n) is 10.0. The average Bonchev–Trinajstić information content (AvgIpc) is 3.85. The number of cyclic esters (lactones) is 1. The number of methoxy groups -OCH3 is 2. The number of thiophene rings is 1. The van der Waals surface area contributed by atoms with Gasteiger partial charge >= 0.3 is 5.97 Å². The predicted molar refractivity (Wildman–Crippen MR) is 166 cm³/mol. The van der Waals surface area contributed by atoms with Gasteiger partial charge in [-0.25, -0.2) is 0 Å². The van der Waals surface area contributed by atoms with Crippen LogP contribution in [0.5, 0.6) is 28.7 Å². The van der Waals surface area contributed by atoms with Crippen LogP contribution in [0.2, 0.25) is 0 Å². The SMILES string of the molecule is COc1cc([C@@H]2c3cc4c(cc3[C@@H](COC3OC5CO[C@@H](c6cccs6)COC5C(O)C3O)[C@H]3COC(=O)C23)OCO4)cc(OC)c1O. The number of rotatable bonds is 7. The third-order valence-corrected chi connectivity index (χ3v) is 11.0. The molecule has 5 heterocycles. The zero-order chi connectivity index (χ0) is 33.1. The number of ether oxygens (including phenoxy) is 9. The summed E-state index contributed by atoms with van der Waals surface area (Å²) in [5.74, 6) is -0.886. The van der Waals surface area contributed by atoms with Crippen molar-refractivity contribution in [2.45, 2.75) is 48.6 Å². The maximum atomic E-state index is 13.5. The van der Waals surface area contributed by atoms with Gasteiger partial charge in [-0.05, 0) is 52.4 Å². The Kier molecular flexibility index (Phi) is 8.35. The highest BCUT2D eigenvalue weighted by molar-refractivity contribution is 7.10. The third kappa shape index (κ3) is 5.26. The smallest absolute Gasteiger partial charge is 0.310 e. The van der Waals surface area contributed by atoms with E-state index in [9.17, 15) is 20.1 Å². The van der Waals surface area contributed by atoms with E-state index in [4.69, 9.17) is 42.6 Å². The number of hydrogen-bond acceptors (Lipinski definition) is 14. The van der Waals surface area contributed by atoms with Gasteiger partial charge in [0, 0.05) is 22.6 Å². The number of aliphatic hydroxyl groups is 2. The molecule has 4 aliphatic heterocycles. The van der Waals surface area contributed by atoms with Crippen molar-refractivity contribution in [1.29, 1.82) is 0 Å². The fourth-order valence-corrected chi connectivity index (χ4v) is 8.42. The van der Waals surface area contributed by atoms with Crippen LogP contribution in [-0.4, -0.2) is 99.4 Å². The van der Waals surface area contributed by atoms with Gasteiger partial charge in [0.2, 0.25) is 12.5 Å². The number of carbonyl (C=O) groups excluding carboxylic acids is 1. The molecule has 1 aromatic heterocycles. The summed E-state index contributed by atoms with van der Waals surface area (Å²) in [4.78, 5) is 14.5. The van der Waals surface area contributed by atoms with Crippen molar-refractivity contribution in [2.24, 2.45) is 11.8 Å². The van der Waals surface area contributed by atoms with Crippen LogP contribution in [0.3, 0.4) is 0 Å². The lowest BCUT2D eigenvalue weighted by atomic mass is 9.63. The summed E-state index contributed by atoms with van der Waals surface area (Å²) in [6.45, 7) is 0.583. The Morgan fingerprint density at radius 2 is 1.67 bits per heavy atom. The molecule has 8 rings (SSSR count). The highest BCUT2D eigenvalue weighted by Gasteiger charge is 2.54. The van der Waals surface area contributed by atoms with Crippen molar-refractivity contribution in [3.63, 3.8) is 0 Å². The molecule has 3 saturated heterocycles. The van der Waals surface area contributed by atoms with E-state index in [1.54, 1.807) is 23.5 Å². The first-order valence-corrected chi connectivity index (χ1v) is 16.7. The molecule has 5 aliphatic rings. The van der Waals surface area contributed by atoms with Crippen LogP contribution >= 0.6 is 11.3 Å². The topological polar surface area (TPSA) is 161 Å². The Labute approximate surface area is 279 Å². The van der Waals surface area contributed by atoms with Gasteiger partial charge in [0.25, 0.3) is 0 Å². The summed E-state index contributed by atoms with van der Waals surface area (Å²) in [5.41, 5.74) is 2.32. The molecule has 6 unspecified atom stereocenters. The highest BCUT2D eigenvalue weighted by Crippen LogP contribution is 2.56. The molecule has 0 spiro atoms. The van der Waals surface area contributed by atoms with E-state index < -0.39 is 48.5 Å². The number of aliphatic hydroxyl groups excluding tert-OH is 2. The van der Waals surface area contributed by atoms with E-state index in [0.29, 0.717) is 17.1 Å². The maximum absolute atomic E-state index is 13.5. The van der Waals surface area contributed by atoms with Crippen LogP contribution in [-0.2, 0) is 28.5 Å². The second kappa shape index (κ2) is 12.7. The summed E-state index contributed by atoms with van der Waals surface area (Å²) >= 11 is 1.55. The van der Waals surface area contributed by atoms with Crippen LogP contribution in [0.15, 0.2) is 41.8 Å². The fourth-order valence-electron chi connectivity index (χ4n) is 7.66. The van der Waals surface area contributed by atoms with Crippen molar-refractivity contribution < 1.29 is 62.7 Å². The van der Waals surface area contributed by atoms with E-state index in [2.05, 4.69) is 0 Å². The first kappa shape index (κ1) is 31.6. The highest BCUT2D eigenvalue weighted by atomic mass is 32.1. The number of carbonyl (C=O) groups is 1. The lowest BCUT2D eigenvalue weighted by Gasteiger charge is -2.43. The maximum Gasteiger partial charge on any atom is 0.310 e. The van der Waals surface area contributed by atoms with Crippen molar-refractivity contribution >= 4 is 17.3 Å². The van der Waals surface area contributed by atoms with Crippen LogP contribution in [0.4, 0.5) is 0 Å². The first-order chi connectivity index (χ1) is 23.4. The summed E-state index contributed by atoms with van der Waals surface area (Å²) < 4.78 is 52.6.